The summed E-state index contributed by atoms with van der Waals surface area (Å²) in [4.78, 5) is -0.677. The summed E-state index contributed by atoms with van der Waals surface area (Å²) in [5.41, 5.74) is -1.41. The number of nitrogens with zero attached hydrogens (tertiary/aromatic N) is 1. The van der Waals surface area contributed by atoms with E-state index in [0.29, 0.717) is 15.9 Å². The van der Waals surface area contributed by atoms with Gasteiger partial charge in [-0.25, -0.2) is 21.6 Å². The minimum Gasteiger partial charge on any atom is -0.266 e. The van der Waals surface area contributed by atoms with Gasteiger partial charge < -0.3 is 0 Å². The van der Waals surface area contributed by atoms with Crippen molar-refractivity contribution in [1.29, 1.82) is 0 Å². The maximum atomic E-state index is 14.7. The fraction of sp³-hybridized carbons (Fsp3) is 0.200. The highest BCUT2D eigenvalue weighted by Gasteiger charge is 2.43. The Kier molecular flexibility index (Phi) is 6.63. The van der Waals surface area contributed by atoms with Crippen LogP contribution in [-0.2, 0) is 22.1 Å². The molecule has 0 radical (unpaired) electrons. The van der Waals surface area contributed by atoms with Crippen LogP contribution in [0.5, 0.6) is 0 Å². The third-order valence-electron chi connectivity index (χ3n) is 5.80. The summed E-state index contributed by atoms with van der Waals surface area (Å²) >= 11 is 6.09. The predicted molar refractivity (Wildman–Crippen MR) is 126 cm³/mol. The topological polar surface area (TPSA) is 37.4 Å². The summed E-state index contributed by atoms with van der Waals surface area (Å²) in [6.07, 6.45) is -4.19. The molecule has 0 amide bonds. The van der Waals surface area contributed by atoms with Crippen molar-refractivity contribution in [2.75, 3.05) is 10.8 Å². The Hall–Kier alpha value is -2.98. The van der Waals surface area contributed by atoms with Crippen molar-refractivity contribution in [3.8, 4) is 0 Å². The number of allylic oxidation sites excluding steroid dienone is 1. The maximum Gasteiger partial charge on any atom is 0.416 e. The Morgan fingerprint density at radius 3 is 2.42 bits per heavy atom. The second kappa shape index (κ2) is 9.15. The molecule has 0 N–H and O–H groups in total. The van der Waals surface area contributed by atoms with E-state index in [0.717, 1.165) is 24.3 Å². The zero-order chi connectivity index (χ0) is 26.5. The van der Waals surface area contributed by atoms with Crippen molar-refractivity contribution < 1.29 is 34.8 Å². The SMILES string of the molecule is C/C(=C\c1ccc2c(c1)N(S(=O)(=O)c1cccc(C(F)(F)F)c1)CCC2(F)F)c1c(F)cccc1Cl. The lowest BCUT2D eigenvalue weighted by atomic mass is 9.96. The van der Waals surface area contributed by atoms with Gasteiger partial charge in [0.1, 0.15) is 5.82 Å². The third-order valence-corrected chi connectivity index (χ3v) is 7.93. The van der Waals surface area contributed by atoms with E-state index >= 15 is 0 Å². The molecule has 0 aromatic heterocycles. The van der Waals surface area contributed by atoms with E-state index in [1.165, 1.54) is 36.4 Å². The zero-order valence-electron chi connectivity index (χ0n) is 18.6. The Labute approximate surface area is 208 Å². The minimum atomic E-state index is -4.79. The summed E-state index contributed by atoms with van der Waals surface area (Å²) < 4.78 is 110. The summed E-state index contributed by atoms with van der Waals surface area (Å²) in [6, 6.07) is 10.8. The van der Waals surface area contributed by atoms with Gasteiger partial charge in [0.05, 0.1) is 21.2 Å². The second-order valence-corrected chi connectivity index (χ2v) is 10.5. The van der Waals surface area contributed by atoms with E-state index in [9.17, 15) is 34.8 Å². The Morgan fingerprint density at radius 2 is 1.75 bits per heavy atom. The first-order valence-corrected chi connectivity index (χ1v) is 12.4. The highest BCUT2D eigenvalue weighted by Crippen LogP contribution is 2.45. The largest absolute Gasteiger partial charge is 0.416 e. The summed E-state index contributed by atoms with van der Waals surface area (Å²) in [7, 11) is -4.62. The highest BCUT2D eigenvalue weighted by atomic mass is 35.5. The lowest BCUT2D eigenvalue weighted by Crippen LogP contribution is -2.40. The number of alkyl halides is 5. The quantitative estimate of drug-likeness (QED) is 0.248. The van der Waals surface area contributed by atoms with Crippen LogP contribution < -0.4 is 4.31 Å². The van der Waals surface area contributed by atoms with E-state index in [2.05, 4.69) is 0 Å². The number of fused-ring (bicyclic) bond motifs is 1. The molecule has 0 fully saturated rings. The number of anilines is 1. The van der Waals surface area contributed by atoms with E-state index in [1.54, 1.807) is 6.92 Å². The molecule has 0 spiro atoms. The van der Waals surface area contributed by atoms with Crippen molar-refractivity contribution in [3.05, 3.63) is 93.8 Å². The molecule has 0 aliphatic carbocycles. The third kappa shape index (κ3) is 4.84. The molecule has 0 atom stereocenters. The standard InChI is InChI=1S/C25H18ClF6NO2S/c1-15(23-20(26)6-3-7-21(23)27)12-16-8-9-19-22(13-16)33(11-10-24(19,28)29)36(34,35)18-5-2-4-17(14-18)25(30,31)32/h2-9,12-14H,10-11H2,1H3/b15-12+. The lowest BCUT2D eigenvalue weighted by Gasteiger charge is -2.35. The summed E-state index contributed by atoms with van der Waals surface area (Å²) in [5.74, 6) is -3.96. The van der Waals surface area contributed by atoms with Crippen LogP contribution in [0.1, 0.15) is 35.6 Å². The molecule has 4 rings (SSSR count). The van der Waals surface area contributed by atoms with Crippen molar-refractivity contribution in [1.82, 2.24) is 0 Å². The molecule has 11 heteroatoms. The molecule has 0 unspecified atom stereocenters. The molecular weight excluding hydrogens is 528 g/mol. The van der Waals surface area contributed by atoms with E-state index in [-0.39, 0.29) is 21.8 Å². The number of sulfonamides is 1. The fourth-order valence-corrected chi connectivity index (χ4v) is 5.89. The first-order chi connectivity index (χ1) is 16.7. The summed E-state index contributed by atoms with van der Waals surface area (Å²) in [6.45, 7) is 0.902. The molecule has 3 aromatic rings. The van der Waals surface area contributed by atoms with Crippen LogP contribution in [0.2, 0.25) is 5.02 Å². The van der Waals surface area contributed by atoms with Crippen LogP contribution in [0.3, 0.4) is 0 Å². The molecule has 0 saturated carbocycles. The van der Waals surface area contributed by atoms with Gasteiger partial charge in [-0.3, -0.25) is 4.31 Å². The van der Waals surface area contributed by atoms with Crippen molar-refractivity contribution >= 4 is 39.0 Å². The Morgan fingerprint density at radius 1 is 1.06 bits per heavy atom. The van der Waals surface area contributed by atoms with Crippen molar-refractivity contribution in [2.45, 2.75) is 30.3 Å². The monoisotopic (exact) mass is 545 g/mol. The fourth-order valence-electron chi connectivity index (χ4n) is 4.06. The average molecular weight is 546 g/mol. The van der Waals surface area contributed by atoms with Crippen LogP contribution in [0.4, 0.5) is 32.0 Å². The van der Waals surface area contributed by atoms with E-state index in [1.807, 2.05) is 0 Å². The zero-order valence-corrected chi connectivity index (χ0v) is 20.2. The van der Waals surface area contributed by atoms with Crippen LogP contribution in [-0.4, -0.2) is 15.0 Å². The number of halogens is 7. The molecule has 3 aromatic carbocycles. The van der Waals surface area contributed by atoms with Crippen LogP contribution in [0.25, 0.3) is 11.6 Å². The van der Waals surface area contributed by atoms with Crippen LogP contribution in [0, 0.1) is 5.82 Å². The smallest absolute Gasteiger partial charge is 0.266 e. The lowest BCUT2D eigenvalue weighted by molar-refractivity contribution is -0.137. The Balaban J connectivity index is 1.83. The molecule has 0 saturated heterocycles. The Bertz CT molecular complexity index is 1450. The van der Waals surface area contributed by atoms with Crippen LogP contribution in [0.15, 0.2) is 65.6 Å². The van der Waals surface area contributed by atoms with Gasteiger partial charge in [0.25, 0.3) is 15.9 Å². The first kappa shape index (κ1) is 26.1. The summed E-state index contributed by atoms with van der Waals surface area (Å²) in [5, 5.41) is 0.127. The maximum absolute atomic E-state index is 14.7. The van der Waals surface area contributed by atoms with Crippen molar-refractivity contribution in [2.24, 2.45) is 0 Å². The van der Waals surface area contributed by atoms with Gasteiger partial charge in [-0.2, -0.15) is 13.2 Å². The minimum absolute atomic E-state index is 0.0932. The normalized spacial score (nSPS) is 16.1. The molecule has 1 heterocycles. The first-order valence-electron chi connectivity index (χ1n) is 10.6. The molecule has 190 valence electrons. The molecular formula is C25H18ClF6NO2S. The predicted octanol–water partition coefficient (Wildman–Crippen LogP) is 7.75. The van der Waals surface area contributed by atoms with Gasteiger partial charge in [-0.15, -0.1) is 0 Å². The van der Waals surface area contributed by atoms with Gasteiger partial charge in [0.2, 0.25) is 0 Å². The number of rotatable bonds is 4. The van der Waals surface area contributed by atoms with E-state index < -0.39 is 56.9 Å². The van der Waals surface area contributed by atoms with E-state index in [4.69, 9.17) is 11.6 Å². The van der Waals surface area contributed by atoms with Gasteiger partial charge >= 0.3 is 6.18 Å². The van der Waals surface area contributed by atoms with Gasteiger partial charge in [-0.05, 0) is 54.5 Å². The second-order valence-electron chi connectivity index (χ2n) is 8.26. The molecule has 36 heavy (non-hydrogen) atoms. The highest BCUT2D eigenvalue weighted by molar-refractivity contribution is 7.92. The van der Waals surface area contributed by atoms with Crippen LogP contribution >= 0.6 is 11.6 Å². The average Bonchev–Trinajstić information content (AvgIpc) is 2.78. The number of hydrogen-bond donors (Lipinski definition) is 0. The van der Waals surface area contributed by atoms with Gasteiger partial charge in [-0.1, -0.05) is 41.9 Å². The number of hydrogen-bond acceptors (Lipinski definition) is 2. The number of benzene rings is 3. The van der Waals surface area contributed by atoms with Gasteiger partial charge in [0.15, 0.2) is 0 Å². The molecule has 1 aliphatic heterocycles. The molecule has 1 aliphatic rings. The molecule has 3 nitrogen and oxygen atoms in total. The van der Waals surface area contributed by atoms with Crippen molar-refractivity contribution in [3.63, 3.8) is 0 Å². The van der Waals surface area contributed by atoms with Gasteiger partial charge in [0, 0.05) is 24.1 Å². The molecule has 0 bridgehead atoms.